The van der Waals surface area contributed by atoms with Crippen molar-refractivity contribution in [1.82, 2.24) is 0 Å². The van der Waals surface area contributed by atoms with Gasteiger partial charge in [-0.05, 0) is 19.9 Å². The summed E-state index contributed by atoms with van der Waals surface area (Å²) < 4.78 is 5.55. The van der Waals surface area contributed by atoms with Crippen molar-refractivity contribution in [3.8, 4) is 0 Å². The van der Waals surface area contributed by atoms with Crippen molar-refractivity contribution in [3.63, 3.8) is 0 Å². The summed E-state index contributed by atoms with van der Waals surface area (Å²) in [6.07, 6.45) is -0.673. The van der Waals surface area contributed by atoms with Gasteiger partial charge in [-0.2, -0.15) is 0 Å². The first-order chi connectivity index (χ1) is 7.11. The van der Waals surface area contributed by atoms with E-state index in [9.17, 15) is 5.11 Å². The summed E-state index contributed by atoms with van der Waals surface area (Å²) in [5.41, 5.74) is 7.30. The maximum Gasteiger partial charge on any atom is 0.134 e. The molecule has 3 N–H and O–H groups in total. The van der Waals surface area contributed by atoms with E-state index < -0.39 is 6.10 Å². The molecule has 0 saturated carbocycles. The average molecular weight is 205 g/mol. The smallest absolute Gasteiger partial charge is 0.134 e. The maximum atomic E-state index is 9.98. The summed E-state index contributed by atoms with van der Waals surface area (Å²) in [6, 6.07) is 7.36. The molecule has 0 fully saturated rings. The Morgan fingerprint density at radius 1 is 1.33 bits per heavy atom. The largest absolute Gasteiger partial charge is 0.461 e. The van der Waals surface area contributed by atoms with Crippen LogP contribution in [0.2, 0.25) is 0 Å². The Kier molecular flexibility index (Phi) is 2.50. The normalized spacial score (nSPS) is 15.5. The molecule has 15 heavy (non-hydrogen) atoms. The third kappa shape index (κ3) is 1.64. The van der Waals surface area contributed by atoms with Gasteiger partial charge in [-0.25, -0.2) is 0 Å². The zero-order chi connectivity index (χ0) is 11.0. The Hall–Kier alpha value is -1.32. The fourth-order valence-electron chi connectivity index (χ4n) is 1.82. The molecule has 0 bridgehead atoms. The number of aliphatic hydroxyl groups is 1. The van der Waals surface area contributed by atoms with E-state index in [-0.39, 0.29) is 6.04 Å². The van der Waals surface area contributed by atoms with Crippen molar-refractivity contribution in [2.24, 2.45) is 5.73 Å². The topological polar surface area (TPSA) is 59.4 Å². The second-order valence-electron chi connectivity index (χ2n) is 3.87. The lowest BCUT2D eigenvalue weighted by atomic mass is 10.0. The van der Waals surface area contributed by atoms with Crippen LogP contribution in [0.3, 0.4) is 0 Å². The van der Waals surface area contributed by atoms with E-state index in [1.165, 1.54) is 0 Å². The molecule has 2 atom stereocenters. The van der Waals surface area contributed by atoms with E-state index in [2.05, 4.69) is 0 Å². The van der Waals surface area contributed by atoms with Gasteiger partial charge in [0.05, 0.1) is 6.10 Å². The molecule has 3 nitrogen and oxygen atoms in total. The van der Waals surface area contributed by atoms with Gasteiger partial charge >= 0.3 is 0 Å². The van der Waals surface area contributed by atoms with Crippen LogP contribution >= 0.6 is 0 Å². The molecule has 2 unspecified atom stereocenters. The minimum absolute atomic E-state index is 0.301. The van der Waals surface area contributed by atoms with Crippen LogP contribution in [-0.2, 0) is 0 Å². The Morgan fingerprint density at radius 2 is 2.00 bits per heavy atom. The van der Waals surface area contributed by atoms with Crippen LogP contribution in [0.4, 0.5) is 0 Å². The van der Waals surface area contributed by atoms with E-state index >= 15 is 0 Å². The number of aliphatic hydroxyl groups excluding tert-OH is 1. The van der Waals surface area contributed by atoms with Crippen molar-refractivity contribution in [2.45, 2.75) is 26.0 Å². The van der Waals surface area contributed by atoms with Crippen LogP contribution in [0, 0.1) is 6.92 Å². The highest BCUT2D eigenvalue weighted by Crippen LogP contribution is 2.31. The maximum absolute atomic E-state index is 9.98. The summed E-state index contributed by atoms with van der Waals surface area (Å²) in [4.78, 5) is 0. The molecule has 2 rings (SSSR count). The van der Waals surface area contributed by atoms with Crippen molar-refractivity contribution in [3.05, 3.63) is 35.6 Å². The van der Waals surface area contributed by atoms with E-state index in [1.54, 1.807) is 6.92 Å². The number of rotatable bonds is 2. The molecule has 0 aliphatic heterocycles. The quantitative estimate of drug-likeness (QED) is 0.789. The molecular formula is C12H15NO2. The number of nitrogens with two attached hydrogens (primary N) is 1. The van der Waals surface area contributed by atoms with E-state index in [1.807, 2.05) is 31.2 Å². The second-order valence-corrected chi connectivity index (χ2v) is 3.87. The lowest BCUT2D eigenvalue weighted by Crippen LogP contribution is -2.24. The van der Waals surface area contributed by atoms with Gasteiger partial charge < -0.3 is 15.3 Å². The summed E-state index contributed by atoms with van der Waals surface area (Å²) in [6.45, 7) is 3.63. The van der Waals surface area contributed by atoms with Crippen LogP contribution in [0.25, 0.3) is 11.0 Å². The predicted molar refractivity (Wildman–Crippen MR) is 59.6 cm³/mol. The fourth-order valence-corrected chi connectivity index (χ4v) is 1.82. The van der Waals surface area contributed by atoms with Gasteiger partial charge in [-0.15, -0.1) is 0 Å². The van der Waals surface area contributed by atoms with Gasteiger partial charge in [0.2, 0.25) is 0 Å². The second kappa shape index (κ2) is 3.68. The van der Waals surface area contributed by atoms with Gasteiger partial charge in [0.25, 0.3) is 0 Å². The van der Waals surface area contributed by atoms with Crippen molar-refractivity contribution < 1.29 is 9.52 Å². The molecular weight excluding hydrogens is 190 g/mol. The number of benzene rings is 1. The predicted octanol–water partition coefficient (Wildman–Crippen LogP) is 2.12. The highest BCUT2D eigenvalue weighted by molar-refractivity contribution is 5.82. The van der Waals surface area contributed by atoms with Gasteiger partial charge in [0.1, 0.15) is 11.3 Å². The van der Waals surface area contributed by atoms with Gasteiger partial charge in [-0.3, -0.25) is 0 Å². The lowest BCUT2D eigenvalue weighted by molar-refractivity contribution is 0.152. The van der Waals surface area contributed by atoms with E-state index in [0.29, 0.717) is 0 Å². The zero-order valence-electron chi connectivity index (χ0n) is 8.90. The third-order valence-electron chi connectivity index (χ3n) is 2.61. The minimum atomic E-state index is -0.673. The molecule has 0 aliphatic carbocycles. The molecule has 1 aromatic carbocycles. The van der Waals surface area contributed by atoms with Crippen LogP contribution in [-0.4, -0.2) is 11.1 Å². The fraction of sp³-hybridized carbons (Fsp3) is 0.333. The molecule has 0 saturated heterocycles. The summed E-state index contributed by atoms with van der Waals surface area (Å²) >= 11 is 0. The monoisotopic (exact) mass is 205 g/mol. The molecule has 3 heteroatoms. The highest BCUT2D eigenvalue weighted by Gasteiger charge is 2.20. The summed E-state index contributed by atoms with van der Waals surface area (Å²) in [5.74, 6) is 0.737. The Bertz CT molecular complexity index is 473. The van der Waals surface area contributed by atoms with Gasteiger partial charge in [-0.1, -0.05) is 18.2 Å². The number of furan rings is 1. The first-order valence-corrected chi connectivity index (χ1v) is 5.03. The molecule has 1 aromatic heterocycles. The molecule has 0 spiro atoms. The van der Waals surface area contributed by atoms with Crippen LogP contribution in [0.5, 0.6) is 0 Å². The van der Waals surface area contributed by atoms with Crippen LogP contribution in [0.15, 0.2) is 28.7 Å². The zero-order valence-corrected chi connectivity index (χ0v) is 8.90. The third-order valence-corrected chi connectivity index (χ3v) is 2.61. The number of hydrogen-bond donors (Lipinski definition) is 2. The molecule has 0 radical (unpaired) electrons. The minimum Gasteiger partial charge on any atom is -0.461 e. The van der Waals surface area contributed by atoms with Crippen molar-refractivity contribution in [1.29, 1.82) is 0 Å². The molecule has 0 amide bonds. The summed E-state index contributed by atoms with van der Waals surface area (Å²) in [5, 5.41) is 10.9. The molecule has 2 aromatic rings. The number of para-hydroxylation sites is 1. The standard InChI is InChI=1S/C12H15NO2/c1-7(13)12(14)11-8(2)15-10-6-4-3-5-9(10)11/h3-7,12,14H,13H2,1-2H3. The SMILES string of the molecule is Cc1oc2ccccc2c1C(O)C(C)N. The number of aryl methyl sites for hydroxylation is 1. The number of hydrogen-bond acceptors (Lipinski definition) is 3. The lowest BCUT2D eigenvalue weighted by Gasteiger charge is -2.13. The van der Waals surface area contributed by atoms with E-state index in [4.69, 9.17) is 10.2 Å². The molecule has 0 aliphatic rings. The molecule has 1 heterocycles. The average Bonchev–Trinajstić information content (AvgIpc) is 2.52. The Morgan fingerprint density at radius 3 is 2.67 bits per heavy atom. The van der Waals surface area contributed by atoms with Gasteiger partial charge in [0, 0.05) is 17.0 Å². The first kappa shape index (κ1) is 10.2. The Labute approximate surface area is 88.5 Å². The Balaban J connectivity index is 2.63. The van der Waals surface area contributed by atoms with Crippen LogP contribution < -0.4 is 5.73 Å². The summed E-state index contributed by atoms with van der Waals surface area (Å²) in [7, 11) is 0. The number of fused-ring (bicyclic) bond motifs is 1. The van der Waals surface area contributed by atoms with E-state index in [0.717, 1.165) is 22.3 Å². The van der Waals surface area contributed by atoms with Crippen molar-refractivity contribution in [2.75, 3.05) is 0 Å². The first-order valence-electron chi connectivity index (χ1n) is 5.03. The van der Waals surface area contributed by atoms with Crippen LogP contribution in [0.1, 0.15) is 24.4 Å². The molecule has 80 valence electrons. The van der Waals surface area contributed by atoms with Gasteiger partial charge in [0.15, 0.2) is 0 Å². The van der Waals surface area contributed by atoms with Crippen molar-refractivity contribution >= 4 is 11.0 Å². The highest BCUT2D eigenvalue weighted by atomic mass is 16.3.